The van der Waals surface area contributed by atoms with E-state index in [0.29, 0.717) is 67.8 Å². The van der Waals surface area contributed by atoms with Crippen molar-refractivity contribution in [1.82, 2.24) is 15.7 Å². The summed E-state index contributed by atoms with van der Waals surface area (Å²) >= 11 is 0. The number of hydrogen-bond acceptors (Lipinski definition) is 10. The van der Waals surface area contributed by atoms with Crippen molar-refractivity contribution >= 4 is 41.4 Å². The molecule has 5 amide bonds. The van der Waals surface area contributed by atoms with Crippen LogP contribution in [0.15, 0.2) is 36.4 Å². The molecule has 1 atom stereocenters. The van der Waals surface area contributed by atoms with Gasteiger partial charge < -0.3 is 30.2 Å². The maximum absolute atomic E-state index is 13.0. The Morgan fingerprint density at radius 1 is 0.776 bits per heavy atom. The third kappa shape index (κ3) is 10.6. The van der Waals surface area contributed by atoms with Crippen LogP contribution in [0.2, 0.25) is 0 Å². The molecule has 1 saturated heterocycles. The molecule has 0 radical (unpaired) electrons. The van der Waals surface area contributed by atoms with Gasteiger partial charge in [0.2, 0.25) is 11.8 Å². The molecule has 4 rings (SSSR count). The maximum Gasteiger partial charge on any atom is 0.533 e. The number of benzene rings is 2. The summed E-state index contributed by atoms with van der Waals surface area (Å²) in [6.45, 7) is 6.59. The summed E-state index contributed by atoms with van der Waals surface area (Å²) in [7, 11) is 0. The lowest BCUT2D eigenvalue weighted by Crippen LogP contribution is -2.32. The van der Waals surface area contributed by atoms with E-state index < -0.39 is 23.9 Å². The van der Waals surface area contributed by atoms with Gasteiger partial charge in [-0.15, -0.1) is 0 Å². The van der Waals surface area contributed by atoms with Crippen LogP contribution in [-0.4, -0.2) is 86.9 Å². The molecular weight excluding hydrogens is 636 g/mol. The van der Waals surface area contributed by atoms with E-state index in [1.807, 2.05) is 26.0 Å². The molecule has 1 fully saturated rings. The summed E-state index contributed by atoms with van der Waals surface area (Å²) in [6, 6.07) is 10.6. The first-order valence-corrected chi connectivity index (χ1v) is 16.7. The predicted octanol–water partition coefficient (Wildman–Crippen LogP) is 3.82. The van der Waals surface area contributed by atoms with Gasteiger partial charge in [0.1, 0.15) is 6.61 Å². The summed E-state index contributed by atoms with van der Waals surface area (Å²) in [5, 5.41) is 8.89. The van der Waals surface area contributed by atoms with E-state index in [4.69, 9.17) is 19.0 Å². The molecule has 14 heteroatoms. The summed E-state index contributed by atoms with van der Waals surface area (Å²) in [5.74, 6) is -2.55. The van der Waals surface area contributed by atoms with Gasteiger partial charge in [-0.1, -0.05) is 31.0 Å². The zero-order valence-corrected chi connectivity index (χ0v) is 28.0. The van der Waals surface area contributed by atoms with E-state index in [0.717, 1.165) is 29.5 Å². The van der Waals surface area contributed by atoms with Gasteiger partial charge in [0.25, 0.3) is 17.7 Å². The zero-order chi connectivity index (χ0) is 35.2. The van der Waals surface area contributed by atoms with Crippen molar-refractivity contribution < 1.29 is 47.8 Å². The van der Waals surface area contributed by atoms with Gasteiger partial charge in [-0.3, -0.25) is 28.8 Å². The number of anilines is 1. The third-order valence-corrected chi connectivity index (χ3v) is 7.83. The van der Waals surface area contributed by atoms with Gasteiger partial charge in [-0.25, -0.2) is 4.79 Å². The van der Waals surface area contributed by atoms with Crippen molar-refractivity contribution in [2.45, 2.75) is 64.7 Å². The molecule has 1 aliphatic heterocycles. The summed E-state index contributed by atoms with van der Waals surface area (Å²) in [5.41, 5.74) is 3.96. The molecule has 14 nitrogen and oxygen atoms in total. The molecule has 264 valence electrons. The number of fused-ring (bicyclic) bond motifs is 3. The minimum Gasteiger partial charge on any atom is -0.432 e. The number of ether oxygens (including phenoxy) is 3. The molecule has 49 heavy (non-hydrogen) atoms. The Balaban J connectivity index is 1.42. The largest absolute Gasteiger partial charge is 0.533 e. The molecule has 1 unspecified atom stereocenters. The van der Waals surface area contributed by atoms with Crippen molar-refractivity contribution in [2.75, 3.05) is 51.4 Å². The minimum absolute atomic E-state index is 0.0543. The van der Waals surface area contributed by atoms with E-state index in [-0.39, 0.29) is 50.0 Å². The molecule has 2 aromatic carbocycles. The number of nitrogens with one attached hydrogen (secondary N) is 3. The maximum atomic E-state index is 13.0. The molecule has 2 aromatic rings. The second-order valence-electron chi connectivity index (χ2n) is 11.6. The van der Waals surface area contributed by atoms with Crippen LogP contribution in [-0.2, 0) is 38.2 Å². The fourth-order valence-corrected chi connectivity index (χ4v) is 5.48. The Morgan fingerprint density at radius 3 is 2.06 bits per heavy atom. The van der Waals surface area contributed by atoms with Crippen molar-refractivity contribution in [2.24, 2.45) is 0 Å². The topological polar surface area (TPSA) is 179 Å². The van der Waals surface area contributed by atoms with Gasteiger partial charge in [-0.2, -0.15) is 0 Å². The fourth-order valence-electron chi connectivity index (χ4n) is 5.48. The second-order valence-corrected chi connectivity index (χ2v) is 11.6. The Morgan fingerprint density at radius 2 is 1.39 bits per heavy atom. The number of nitrogens with zero attached hydrogens (tertiary/aromatic N) is 1. The van der Waals surface area contributed by atoms with E-state index in [2.05, 4.69) is 16.0 Å². The molecule has 0 aromatic heterocycles. The summed E-state index contributed by atoms with van der Waals surface area (Å²) < 4.78 is 16.2. The molecule has 1 heterocycles. The lowest BCUT2D eigenvalue weighted by molar-refractivity contribution is -0.177. The van der Waals surface area contributed by atoms with Gasteiger partial charge >= 0.3 is 6.16 Å². The number of carbonyl (C=O) groups is 6. The van der Waals surface area contributed by atoms with E-state index >= 15 is 0 Å². The van der Waals surface area contributed by atoms with Crippen LogP contribution in [0.3, 0.4) is 0 Å². The normalized spacial score (nSPS) is 14.7. The first kappa shape index (κ1) is 37.0. The predicted molar refractivity (Wildman–Crippen MR) is 177 cm³/mol. The lowest BCUT2D eigenvalue weighted by atomic mass is 9.96. The first-order chi connectivity index (χ1) is 23.7. The molecule has 2 aliphatic rings. The highest BCUT2D eigenvalue weighted by Crippen LogP contribution is 2.46. The van der Waals surface area contributed by atoms with Crippen LogP contribution in [0.25, 0.3) is 11.1 Å². The molecule has 0 bridgehead atoms. The van der Waals surface area contributed by atoms with E-state index in [1.54, 1.807) is 24.3 Å². The molecule has 1 aliphatic carbocycles. The fraction of sp³-hybridized carbons (Fsp3) is 0.486. The van der Waals surface area contributed by atoms with Crippen molar-refractivity contribution in [3.63, 3.8) is 0 Å². The van der Waals surface area contributed by atoms with E-state index in [1.165, 1.54) is 0 Å². The van der Waals surface area contributed by atoms with E-state index in [9.17, 15) is 28.8 Å². The molecule has 3 N–H and O–H groups in total. The van der Waals surface area contributed by atoms with Crippen LogP contribution in [0, 0.1) is 0 Å². The Kier molecular flexibility index (Phi) is 14.1. The highest BCUT2D eigenvalue weighted by Gasteiger charge is 2.35. The second kappa shape index (κ2) is 18.7. The molecular formula is C35H44N4O10. The highest BCUT2D eigenvalue weighted by molar-refractivity contribution is 6.01. The number of carbonyl (C=O) groups excluding carboxylic acids is 6. The molecule has 0 spiro atoms. The lowest BCUT2D eigenvalue weighted by Gasteiger charge is -2.17. The smallest absolute Gasteiger partial charge is 0.432 e. The number of hydrogen-bond donors (Lipinski definition) is 3. The number of rotatable bonds is 19. The van der Waals surface area contributed by atoms with Crippen LogP contribution in [0.4, 0.5) is 10.5 Å². The number of amides is 5. The van der Waals surface area contributed by atoms with Crippen molar-refractivity contribution in [3.8, 4) is 11.1 Å². The Bertz CT molecular complexity index is 1510. The van der Waals surface area contributed by atoms with Gasteiger partial charge in [-0.05, 0) is 65.8 Å². The highest BCUT2D eigenvalue weighted by atomic mass is 16.8. The van der Waals surface area contributed by atoms with Gasteiger partial charge in [0.05, 0.1) is 13.2 Å². The third-order valence-electron chi connectivity index (χ3n) is 7.83. The monoisotopic (exact) mass is 680 g/mol. The Hall–Kier alpha value is -4.82. The average Bonchev–Trinajstić information content (AvgIpc) is 3.57. The standard InChI is InChI=1S/C35H44N4O10/c1-3-16-46-18-14-36-30(40)6-5-7-31(41)38-24-9-11-26-25-10-8-23(34(44)37-15-19-47-17-4-2)20-27(25)29(28(26)21-24)22-48-35(45)49-39-32(42)12-13-33(39)43/h8-11,20-21,29H,3-7,12-19,22H2,1-2H3,(H,36,40)(H,37,44)(H,38,41). The van der Waals surface area contributed by atoms with Gasteiger partial charge in [0, 0.05) is 69.2 Å². The van der Waals surface area contributed by atoms with Crippen molar-refractivity contribution in [3.05, 3.63) is 53.1 Å². The van der Waals surface area contributed by atoms with Crippen LogP contribution in [0.1, 0.15) is 86.2 Å². The average molecular weight is 681 g/mol. The Labute approximate surface area is 285 Å². The van der Waals surface area contributed by atoms with Crippen LogP contribution in [0.5, 0.6) is 0 Å². The van der Waals surface area contributed by atoms with Crippen LogP contribution < -0.4 is 16.0 Å². The first-order valence-electron chi connectivity index (χ1n) is 16.7. The van der Waals surface area contributed by atoms with Gasteiger partial charge in [0.15, 0.2) is 0 Å². The molecule has 0 saturated carbocycles. The zero-order valence-electron chi connectivity index (χ0n) is 28.0. The number of hydroxylamine groups is 2. The summed E-state index contributed by atoms with van der Waals surface area (Å²) in [4.78, 5) is 79.0. The van der Waals surface area contributed by atoms with Crippen molar-refractivity contribution in [1.29, 1.82) is 0 Å². The quantitative estimate of drug-likeness (QED) is 0.112. The minimum atomic E-state index is -1.22. The number of imide groups is 1. The SMILES string of the molecule is CCCOCCNC(=O)CCCC(=O)Nc1ccc2c(c1)C(COC(=O)ON1C(=O)CCC1=O)c1cc(C(=O)NCCOCCC)ccc1-2. The van der Waals surface area contributed by atoms with Crippen LogP contribution >= 0.6 is 0 Å². The summed E-state index contributed by atoms with van der Waals surface area (Å²) in [6.07, 6.45) is 1.15.